The molecule has 0 aliphatic heterocycles. The number of amides is 1. The van der Waals surface area contributed by atoms with Gasteiger partial charge in [-0.3, -0.25) is 9.59 Å². The molecule has 110 valence electrons. The van der Waals surface area contributed by atoms with E-state index >= 15 is 0 Å². The van der Waals surface area contributed by atoms with E-state index in [1.807, 2.05) is 0 Å². The fraction of sp³-hybridized carbons (Fsp3) is 0.571. The van der Waals surface area contributed by atoms with Crippen LogP contribution in [0.4, 0.5) is 0 Å². The largest absolute Gasteiger partial charge is 0.481 e. The van der Waals surface area contributed by atoms with Crippen LogP contribution in [0.3, 0.4) is 0 Å². The van der Waals surface area contributed by atoms with Crippen molar-refractivity contribution in [2.45, 2.75) is 38.5 Å². The smallest absolute Gasteiger partial charge is 0.303 e. The number of hydrogen-bond donors (Lipinski definition) is 2. The molecule has 6 heteroatoms. The van der Waals surface area contributed by atoms with E-state index < -0.39 is 5.97 Å². The minimum Gasteiger partial charge on any atom is -0.481 e. The average Bonchev–Trinajstić information content (AvgIpc) is 2.83. The predicted molar refractivity (Wildman–Crippen MR) is 73.8 cm³/mol. The highest BCUT2D eigenvalue weighted by Gasteiger charge is 2.35. The summed E-state index contributed by atoms with van der Waals surface area (Å²) in [7, 11) is 0. The molecule has 0 aromatic carbocycles. The summed E-state index contributed by atoms with van der Waals surface area (Å²) in [4.78, 5) is 23.0. The number of rotatable bonds is 5. The van der Waals surface area contributed by atoms with Gasteiger partial charge in [0.05, 0.1) is 18.2 Å². The van der Waals surface area contributed by atoms with E-state index in [4.69, 9.17) is 21.1 Å². The van der Waals surface area contributed by atoms with Crippen LogP contribution in [-0.4, -0.2) is 23.5 Å². The van der Waals surface area contributed by atoms with Crippen molar-refractivity contribution in [1.29, 1.82) is 0 Å². The first-order valence-corrected chi connectivity index (χ1v) is 7.13. The predicted octanol–water partition coefficient (Wildman–Crippen LogP) is 3.09. The number of carbonyl (C=O) groups excluding carboxylic acids is 1. The number of aliphatic carboxylic acids is 1. The quantitative estimate of drug-likeness (QED) is 0.875. The molecule has 1 aliphatic carbocycles. The molecule has 2 N–H and O–H groups in total. The van der Waals surface area contributed by atoms with E-state index in [1.165, 1.54) is 12.3 Å². The lowest BCUT2D eigenvalue weighted by Gasteiger charge is -2.36. The summed E-state index contributed by atoms with van der Waals surface area (Å²) >= 11 is 5.75. The first kappa shape index (κ1) is 14.9. The zero-order valence-electron chi connectivity index (χ0n) is 11.2. The molecule has 2 rings (SSSR count). The Hall–Kier alpha value is -1.49. The van der Waals surface area contributed by atoms with Gasteiger partial charge in [0.1, 0.15) is 0 Å². The first-order chi connectivity index (χ1) is 9.52. The maximum atomic E-state index is 12.0. The molecule has 1 aliphatic rings. The third-order valence-electron chi connectivity index (χ3n) is 3.93. The summed E-state index contributed by atoms with van der Waals surface area (Å²) in [6.07, 6.45) is 6.25. The molecule has 1 aromatic rings. The van der Waals surface area contributed by atoms with Crippen molar-refractivity contribution in [2.24, 2.45) is 5.41 Å². The van der Waals surface area contributed by atoms with Crippen LogP contribution in [0, 0.1) is 5.41 Å². The standard InChI is InChI=1S/C14H18ClNO4/c15-12-10(4-7-20-12)13(19)16-9-14(8-11(17)18)5-2-1-3-6-14/h4,7H,1-3,5-6,8-9H2,(H,16,19)(H,17,18). The summed E-state index contributed by atoms with van der Waals surface area (Å²) in [5.74, 6) is -1.14. The highest BCUT2D eigenvalue weighted by molar-refractivity contribution is 6.32. The number of carbonyl (C=O) groups is 2. The lowest BCUT2D eigenvalue weighted by Crippen LogP contribution is -2.40. The molecule has 1 aromatic heterocycles. The fourth-order valence-electron chi connectivity index (χ4n) is 2.86. The maximum absolute atomic E-state index is 12.0. The van der Waals surface area contributed by atoms with Crippen LogP contribution in [0.2, 0.25) is 5.22 Å². The van der Waals surface area contributed by atoms with Gasteiger partial charge in [-0.25, -0.2) is 0 Å². The van der Waals surface area contributed by atoms with Crippen molar-refractivity contribution in [3.63, 3.8) is 0 Å². The molecule has 20 heavy (non-hydrogen) atoms. The van der Waals surface area contributed by atoms with Gasteiger partial charge in [-0.1, -0.05) is 19.3 Å². The van der Waals surface area contributed by atoms with Crippen LogP contribution in [0.5, 0.6) is 0 Å². The van der Waals surface area contributed by atoms with Gasteiger partial charge < -0.3 is 14.8 Å². The van der Waals surface area contributed by atoms with Gasteiger partial charge >= 0.3 is 5.97 Å². The van der Waals surface area contributed by atoms with Crippen molar-refractivity contribution in [3.05, 3.63) is 23.1 Å². The third-order valence-corrected chi connectivity index (χ3v) is 4.22. The minimum absolute atomic E-state index is 0.0541. The number of halogens is 1. The molecule has 1 fully saturated rings. The Balaban J connectivity index is 2.00. The van der Waals surface area contributed by atoms with Crippen molar-refractivity contribution in [1.82, 2.24) is 5.32 Å². The lowest BCUT2D eigenvalue weighted by atomic mass is 9.71. The Morgan fingerprint density at radius 1 is 1.35 bits per heavy atom. The van der Waals surface area contributed by atoms with Crippen molar-refractivity contribution < 1.29 is 19.1 Å². The second-order valence-electron chi connectivity index (χ2n) is 5.42. The lowest BCUT2D eigenvalue weighted by molar-refractivity contribution is -0.140. The molecule has 0 atom stereocenters. The molecule has 1 saturated carbocycles. The fourth-order valence-corrected chi connectivity index (χ4v) is 3.06. The maximum Gasteiger partial charge on any atom is 0.303 e. The summed E-state index contributed by atoms with van der Waals surface area (Å²) in [6, 6.07) is 1.50. The summed E-state index contributed by atoms with van der Waals surface area (Å²) in [5, 5.41) is 11.9. The van der Waals surface area contributed by atoms with Crippen molar-refractivity contribution >= 4 is 23.5 Å². The molecule has 0 radical (unpaired) electrons. The molecule has 1 amide bonds. The number of carboxylic acids is 1. The number of hydrogen-bond acceptors (Lipinski definition) is 3. The van der Waals surface area contributed by atoms with Crippen molar-refractivity contribution in [3.8, 4) is 0 Å². The molecule has 0 saturated heterocycles. The molecule has 0 bridgehead atoms. The topological polar surface area (TPSA) is 79.5 Å². The molecular weight excluding hydrogens is 282 g/mol. The zero-order valence-corrected chi connectivity index (χ0v) is 11.9. The van der Waals surface area contributed by atoms with Gasteiger partial charge in [0, 0.05) is 6.54 Å². The van der Waals surface area contributed by atoms with E-state index in [9.17, 15) is 9.59 Å². The van der Waals surface area contributed by atoms with E-state index in [0.29, 0.717) is 6.54 Å². The van der Waals surface area contributed by atoms with Gasteiger partial charge in [-0.05, 0) is 35.9 Å². The van der Waals surface area contributed by atoms with Gasteiger partial charge in [-0.2, -0.15) is 0 Å². The summed E-state index contributed by atoms with van der Waals surface area (Å²) < 4.78 is 4.88. The zero-order chi connectivity index (χ0) is 14.6. The second kappa shape index (κ2) is 6.31. The van der Waals surface area contributed by atoms with Crippen molar-refractivity contribution in [2.75, 3.05) is 6.54 Å². The van der Waals surface area contributed by atoms with Crippen LogP contribution < -0.4 is 5.32 Å². The molecule has 0 unspecified atom stereocenters. The van der Waals surface area contributed by atoms with Gasteiger partial charge in [0.25, 0.3) is 5.91 Å². The average molecular weight is 300 g/mol. The van der Waals surface area contributed by atoms with Crippen LogP contribution in [-0.2, 0) is 4.79 Å². The van der Waals surface area contributed by atoms with Gasteiger partial charge in [0.15, 0.2) is 0 Å². The van der Waals surface area contributed by atoms with Crippen LogP contribution in [0.15, 0.2) is 16.7 Å². The van der Waals surface area contributed by atoms with Gasteiger partial charge in [0.2, 0.25) is 5.22 Å². The summed E-state index contributed by atoms with van der Waals surface area (Å²) in [5.41, 5.74) is -0.0522. The Bertz CT molecular complexity index is 491. The molecular formula is C14H18ClNO4. The van der Waals surface area contributed by atoms with Crippen LogP contribution in [0.25, 0.3) is 0 Å². The van der Waals surface area contributed by atoms with Gasteiger partial charge in [-0.15, -0.1) is 0 Å². The van der Waals surface area contributed by atoms with E-state index in [2.05, 4.69) is 5.32 Å². The minimum atomic E-state index is -0.817. The monoisotopic (exact) mass is 299 g/mol. The Morgan fingerprint density at radius 3 is 2.60 bits per heavy atom. The third kappa shape index (κ3) is 3.54. The number of carboxylic acid groups (broad SMARTS) is 1. The molecule has 0 spiro atoms. The highest BCUT2D eigenvalue weighted by Crippen LogP contribution is 2.38. The summed E-state index contributed by atoms with van der Waals surface area (Å²) in [6.45, 7) is 0.361. The molecule has 1 heterocycles. The highest BCUT2D eigenvalue weighted by atomic mass is 35.5. The van der Waals surface area contributed by atoms with E-state index in [-0.39, 0.29) is 28.5 Å². The Labute approximate surface area is 122 Å². The Kier molecular flexibility index (Phi) is 4.70. The second-order valence-corrected chi connectivity index (χ2v) is 5.77. The van der Waals surface area contributed by atoms with Crippen LogP contribution in [0.1, 0.15) is 48.9 Å². The van der Waals surface area contributed by atoms with Crippen LogP contribution >= 0.6 is 11.6 Å². The SMILES string of the molecule is O=C(O)CC1(CNC(=O)c2ccoc2Cl)CCCCC1. The Morgan fingerprint density at radius 2 is 2.05 bits per heavy atom. The molecule has 5 nitrogen and oxygen atoms in total. The number of nitrogens with one attached hydrogen (secondary N) is 1. The first-order valence-electron chi connectivity index (χ1n) is 6.75. The number of furan rings is 1. The normalized spacial score (nSPS) is 17.6. The van der Waals surface area contributed by atoms with E-state index in [1.54, 1.807) is 0 Å². The van der Waals surface area contributed by atoms with E-state index in [0.717, 1.165) is 32.1 Å².